The first-order valence-electron chi connectivity index (χ1n) is 5.99. The molecule has 0 aromatic heterocycles. The molecule has 17 heavy (non-hydrogen) atoms. The van der Waals surface area contributed by atoms with Gasteiger partial charge in [-0.25, -0.2) is 4.79 Å². The molecule has 1 fully saturated rings. The van der Waals surface area contributed by atoms with Crippen molar-refractivity contribution < 1.29 is 14.6 Å². The summed E-state index contributed by atoms with van der Waals surface area (Å²) in [5, 5.41) is 9.19. The van der Waals surface area contributed by atoms with Crippen LogP contribution in [0.1, 0.15) is 42.6 Å². The molecule has 1 aromatic carbocycles. The molecule has 0 heterocycles. The largest absolute Gasteiger partial charge is 0.478 e. The van der Waals surface area contributed by atoms with Gasteiger partial charge in [0.05, 0.1) is 18.3 Å². The third kappa shape index (κ3) is 2.50. The molecule has 3 nitrogen and oxygen atoms in total. The number of carboxylic acid groups (broad SMARTS) is 1. The summed E-state index contributed by atoms with van der Waals surface area (Å²) in [4.78, 5) is 11.2. The van der Waals surface area contributed by atoms with E-state index in [2.05, 4.69) is 0 Å². The molecule has 0 radical (unpaired) electrons. The standard InChI is InChI=1S/C14H18O3/c1-10(2)17-9-14(7-8-14)12-6-4-3-5-11(12)13(15)16/h3-6,10H,7-9H2,1-2H3,(H,15,16). The summed E-state index contributed by atoms with van der Waals surface area (Å²) < 4.78 is 5.67. The first-order valence-corrected chi connectivity index (χ1v) is 5.99. The van der Waals surface area contributed by atoms with Crippen LogP contribution in [-0.4, -0.2) is 23.8 Å². The summed E-state index contributed by atoms with van der Waals surface area (Å²) in [6, 6.07) is 7.26. The van der Waals surface area contributed by atoms with Crippen molar-refractivity contribution in [3.63, 3.8) is 0 Å². The van der Waals surface area contributed by atoms with Crippen LogP contribution in [0, 0.1) is 0 Å². The summed E-state index contributed by atoms with van der Waals surface area (Å²) in [7, 11) is 0. The smallest absolute Gasteiger partial charge is 0.335 e. The molecule has 1 aliphatic rings. The highest BCUT2D eigenvalue weighted by atomic mass is 16.5. The number of hydrogen-bond donors (Lipinski definition) is 1. The second-order valence-electron chi connectivity index (χ2n) is 4.99. The van der Waals surface area contributed by atoms with Crippen LogP contribution in [0.25, 0.3) is 0 Å². The van der Waals surface area contributed by atoms with Crippen LogP contribution < -0.4 is 0 Å². The van der Waals surface area contributed by atoms with Crippen molar-refractivity contribution in [3.05, 3.63) is 35.4 Å². The molecule has 0 aliphatic heterocycles. The minimum Gasteiger partial charge on any atom is -0.478 e. The topological polar surface area (TPSA) is 46.5 Å². The van der Waals surface area contributed by atoms with E-state index in [4.69, 9.17) is 4.74 Å². The summed E-state index contributed by atoms with van der Waals surface area (Å²) in [6.45, 7) is 4.62. The van der Waals surface area contributed by atoms with E-state index in [0.29, 0.717) is 12.2 Å². The zero-order chi connectivity index (χ0) is 12.5. The number of ether oxygens (including phenoxy) is 1. The Morgan fingerprint density at radius 1 is 1.41 bits per heavy atom. The van der Waals surface area contributed by atoms with E-state index in [0.717, 1.165) is 18.4 Å². The minimum absolute atomic E-state index is 0.0563. The maximum Gasteiger partial charge on any atom is 0.335 e. The Hall–Kier alpha value is -1.35. The summed E-state index contributed by atoms with van der Waals surface area (Å²) in [6.07, 6.45) is 2.22. The Morgan fingerprint density at radius 3 is 2.59 bits per heavy atom. The number of aromatic carboxylic acids is 1. The molecular formula is C14H18O3. The third-order valence-corrected chi connectivity index (χ3v) is 3.28. The van der Waals surface area contributed by atoms with Gasteiger partial charge in [-0.15, -0.1) is 0 Å². The van der Waals surface area contributed by atoms with Crippen molar-refractivity contribution in [1.29, 1.82) is 0 Å². The average Bonchev–Trinajstić information content (AvgIpc) is 3.07. The maximum absolute atomic E-state index is 11.2. The second kappa shape index (κ2) is 4.49. The fourth-order valence-corrected chi connectivity index (χ4v) is 2.10. The second-order valence-corrected chi connectivity index (χ2v) is 4.99. The number of rotatable bonds is 5. The molecule has 1 aromatic rings. The van der Waals surface area contributed by atoms with Gasteiger partial charge >= 0.3 is 5.97 Å². The van der Waals surface area contributed by atoms with Gasteiger partial charge < -0.3 is 9.84 Å². The Balaban J connectivity index is 2.24. The van der Waals surface area contributed by atoms with E-state index in [-0.39, 0.29) is 11.5 Å². The van der Waals surface area contributed by atoms with E-state index in [1.165, 1.54) is 0 Å². The number of carbonyl (C=O) groups is 1. The molecule has 2 rings (SSSR count). The molecule has 1 aliphatic carbocycles. The quantitative estimate of drug-likeness (QED) is 0.852. The van der Waals surface area contributed by atoms with E-state index < -0.39 is 5.97 Å². The Morgan fingerprint density at radius 2 is 2.06 bits per heavy atom. The number of benzene rings is 1. The molecule has 0 saturated heterocycles. The van der Waals surface area contributed by atoms with E-state index in [9.17, 15) is 9.90 Å². The third-order valence-electron chi connectivity index (χ3n) is 3.28. The molecule has 92 valence electrons. The first kappa shape index (κ1) is 12.1. The van der Waals surface area contributed by atoms with Crippen molar-refractivity contribution in [3.8, 4) is 0 Å². The van der Waals surface area contributed by atoms with Gasteiger partial charge in [0, 0.05) is 5.41 Å². The number of hydrogen-bond acceptors (Lipinski definition) is 2. The average molecular weight is 234 g/mol. The van der Waals surface area contributed by atoms with Crippen molar-refractivity contribution >= 4 is 5.97 Å². The van der Waals surface area contributed by atoms with Crippen molar-refractivity contribution in [2.24, 2.45) is 0 Å². The lowest BCUT2D eigenvalue weighted by Gasteiger charge is -2.19. The van der Waals surface area contributed by atoms with Crippen LogP contribution >= 0.6 is 0 Å². The van der Waals surface area contributed by atoms with Crippen LogP contribution in [0.4, 0.5) is 0 Å². The SMILES string of the molecule is CC(C)OCC1(c2ccccc2C(=O)O)CC1. The lowest BCUT2D eigenvalue weighted by molar-refractivity contribution is 0.0605. The molecule has 1 N–H and O–H groups in total. The van der Waals surface area contributed by atoms with Crippen LogP contribution in [0.2, 0.25) is 0 Å². The van der Waals surface area contributed by atoms with Gasteiger partial charge in [-0.2, -0.15) is 0 Å². The first-order chi connectivity index (χ1) is 8.05. The Bertz CT molecular complexity index is 419. The fraction of sp³-hybridized carbons (Fsp3) is 0.500. The van der Waals surface area contributed by atoms with Gasteiger partial charge in [-0.05, 0) is 38.3 Å². The molecule has 0 amide bonds. The monoisotopic (exact) mass is 234 g/mol. The van der Waals surface area contributed by atoms with Crippen molar-refractivity contribution in [2.45, 2.75) is 38.2 Å². The van der Waals surface area contributed by atoms with Crippen LogP contribution in [-0.2, 0) is 10.2 Å². The van der Waals surface area contributed by atoms with E-state index in [1.54, 1.807) is 12.1 Å². The normalized spacial score (nSPS) is 17.1. The Labute approximate surface area is 101 Å². The fourth-order valence-electron chi connectivity index (χ4n) is 2.10. The van der Waals surface area contributed by atoms with Gasteiger partial charge in [0.2, 0.25) is 0 Å². The van der Waals surface area contributed by atoms with Gasteiger partial charge in [-0.1, -0.05) is 18.2 Å². The summed E-state index contributed by atoms with van der Waals surface area (Å²) in [5.41, 5.74) is 1.28. The van der Waals surface area contributed by atoms with Crippen molar-refractivity contribution in [2.75, 3.05) is 6.61 Å². The zero-order valence-electron chi connectivity index (χ0n) is 10.3. The minimum atomic E-state index is -0.851. The molecule has 0 bridgehead atoms. The molecule has 0 unspecified atom stereocenters. The van der Waals surface area contributed by atoms with Gasteiger partial charge in [0.15, 0.2) is 0 Å². The molecular weight excluding hydrogens is 216 g/mol. The van der Waals surface area contributed by atoms with E-state index >= 15 is 0 Å². The highest BCUT2D eigenvalue weighted by Gasteiger charge is 2.46. The van der Waals surface area contributed by atoms with Gasteiger partial charge in [-0.3, -0.25) is 0 Å². The molecule has 3 heteroatoms. The predicted molar refractivity (Wildman–Crippen MR) is 65.4 cm³/mol. The molecule has 0 atom stereocenters. The molecule has 1 saturated carbocycles. The summed E-state index contributed by atoms with van der Waals surface area (Å²) in [5.74, 6) is -0.851. The van der Waals surface area contributed by atoms with Crippen LogP contribution in [0.15, 0.2) is 24.3 Å². The summed E-state index contributed by atoms with van der Waals surface area (Å²) >= 11 is 0. The Kier molecular flexibility index (Phi) is 3.20. The van der Waals surface area contributed by atoms with E-state index in [1.807, 2.05) is 26.0 Å². The van der Waals surface area contributed by atoms with Crippen LogP contribution in [0.3, 0.4) is 0 Å². The van der Waals surface area contributed by atoms with Crippen LogP contribution in [0.5, 0.6) is 0 Å². The lowest BCUT2D eigenvalue weighted by atomic mass is 9.92. The molecule has 0 spiro atoms. The van der Waals surface area contributed by atoms with Gasteiger partial charge in [0.25, 0.3) is 0 Å². The van der Waals surface area contributed by atoms with Crippen molar-refractivity contribution in [1.82, 2.24) is 0 Å². The maximum atomic E-state index is 11.2. The number of carboxylic acids is 1. The lowest BCUT2D eigenvalue weighted by Crippen LogP contribution is -2.21. The highest BCUT2D eigenvalue weighted by Crippen LogP contribution is 2.49. The highest BCUT2D eigenvalue weighted by molar-refractivity contribution is 5.90. The zero-order valence-corrected chi connectivity index (χ0v) is 10.3. The predicted octanol–water partition coefficient (Wildman–Crippen LogP) is 2.84. The van der Waals surface area contributed by atoms with Gasteiger partial charge in [0.1, 0.15) is 0 Å².